The van der Waals surface area contributed by atoms with Gasteiger partial charge in [0.1, 0.15) is 6.10 Å². The van der Waals surface area contributed by atoms with E-state index >= 15 is 0 Å². The van der Waals surface area contributed by atoms with Gasteiger partial charge in [-0.2, -0.15) is 0 Å². The molecule has 0 aliphatic carbocycles. The molecule has 0 bridgehead atoms. The van der Waals surface area contributed by atoms with E-state index in [1.54, 1.807) is 6.92 Å². The Morgan fingerprint density at radius 1 is 1.63 bits per heavy atom. The van der Waals surface area contributed by atoms with E-state index in [2.05, 4.69) is 4.98 Å². The molecule has 1 aliphatic heterocycles. The van der Waals surface area contributed by atoms with Crippen molar-refractivity contribution < 1.29 is 19.7 Å². The summed E-state index contributed by atoms with van der Waals surface area (Å²) in [5.74, 6) is -1.76. The number of aromatic amines is 1. The first-order chi connectivity index (χ1) is 8.90. The Morgan fingerprint density at radius 3 is 2.89 bits per heavy atom. The topological polar surface area (TPSA) is 114 Å². The first kappa shape index (κ1) is 13.9. The fraction of sp³-hybridized carbons (Fsp3) is 0.636. The molecule has 1 aromatic rings. The minimum atomic E-state index is -1.76. The van der Waals surface area contributed by atoms with E-state index in [1.807, 2.05) is 0 Å². The smallest absolute Gasteiger partial charge is 0.330 e. The first-order valence-electron chi connectivity index (χ1n) is 5.76. The lowest BCUT2D eigenvalue weighted by atomic mass is 10.1. The predicted molar refractivity (Wildman–Crippen MR) is 63.6 cm³/mol. The van der Waals surface area contributed by atoms with E-state index in [4.69, 9.17) is 14.6 Å². The molecule has 0 amide bonds. The van der Waals surface area contributed by atoms with Gasteiger partial charge in [0.15, 0.2) is 12.0 Å². The van der Waals surface area contributed by atoms with Crippen LogP contribution in [-0.2, 0) is 9.47 Å². The number of aliphatic hydroxyl groups excluding tert-OH is 1. The Morgan fingerprint density at radius 2 is 2.32 bits per heavy atom. The Hall–Kier alpha value is -1.48. The highest BCUT2D eigenvalue weighted by molar-refractivity contribution is 5.02. The number of methoxy groups -OCH3 is 1. The highest BCUT2D eigenvalue weighted by Crippen LogP contribution is 2.35. The zero-order chi connectivity index (χ0) is 14.2. The number of H-pyrrole nitrogens is 1. The van der Waals surface area contributed by atoms with Crippen LogP contribution in [0.25, 0.3) is 0 Å². The van der Waals surface area contributed by atoms with Crippen LogP contribution in [0.1, 0.15) is 18.2 Å². The number of aliphatic hydroxyl groups is 2. The van der Waals surface area contributed by atoms with Gasteiger partial charge in [-0.15, -0.1) is 0 Å². The van der Waals surface area contributed by atoms with Crippen LogP contribution in [0.3, 0.4) is 0 Å². The van der Waals surface area contributed by atoms with Gasteiger partial charge in [0.25, 0.3) is 5.56 Å². The van der Waals surface area contributed by atoms with Gasteiger partial charge in [0.05, 0.1) is 6.61 Å². The Labute approximate surface area is 108 Å². The van der Waals surface area contributed by atoms with Gasteiger partial charge in [-0.25, -0.2) is 4.79 Å². The molecule has 3 N–H and O–H groups in total. The summed E-state index contributed by atoms with van der Waals surface area (Å²) in [5.41, 5.74) is -0.812. The van der Waals surface area contributed by atoms with Crippen molar-refractivity contribution in [2.75, 3.05) is 13.7 Å². The van der Waals surface area contributed by atoms with Gasteiger partial charge in [-0.1, -0.05) is 0 Å². The third-order valence-corrected chi connectivity index (χ3v) is 3.15. The van der Waals surface area contributed by atoms with Crippen molar-refractivity contribution in [2.45, 2.75) is 31.5 Å². The van der Waals surface area contributed by atoms with Gasteiger partial charge in [-0.3, -0.25) is 14.3 Å². The van der Waals surface area contributed by atoms with Crippen LogP contribution in [0.5, 0.6) is 0 Å². The van der Waals surface area contributed by atoms with Gasteiger partial charge in [0, 0.05) is 25.3 Å². The van der Waals surface area contributed by atoms with Gasteiger partial charge in [0.2, 0.25) is 0 Å². The molecule has 0 unspecified atom stereocenters. The monoisotopic (exact) mass is 272 g/mol. The summed E-state index contributed by atoms with van der Waals surface area (Å²) in [7, 11) is 1.41. The lowest BCUT2D eigenvalue weighted by Gasteiger charge is -2.21. The van der Waals surface area contributed by atoms with Gasteiger partial charge in [-0.05, 0) is 6.92 Å². The van der Waals surface area contributed by atoms with Crippen LogP contribution in [0.4, 0.5) is 0 Å². The van der Waals surface area contributed by atoms with E-state index in [1.165, 1.54) is 13.3 Å². The third kappa shape index (κ3) is 2.47. The van der Waals surface area contributed by atoms with Crippen molar-refractivity contribution in [1.82, 2.24) is 9.55 Å². The SMILES string of the molecule is CO[C@@H]1C[C@@](O)(CO)O[C@H]1n1cc(C)c(=O)[nH]c1=O. The highest BCUT2D eigenvalue weighted by Gasteiger charge is 2.46. The average molecular weight is 272 g/mol. The highest BCUT2D eigenvalue weighted by atomic mass is 16.7. The molecule has 106 valence electrons. The summed E-state index contributed by atoms with van der Waals surface area (Å²) in [6.07, 6.45) is -0.165. The molecule has 2 heterocycles. The zero-order valence-corrected chi connectivity index (χ0v) is 10.6. The molecule has 1 fully saturated rings. The Kier molecular flexibility index (Phi) is 3.59. The predicted octanol–water partition coefficient (Wildman–Crippen LogP) is -1.54. The van der Waals surface area contributed by atoms with Crippen molar-refractivity contribution in [2.24, 2.45) is 0 Å². The number of ether oxygens (including phenoxy) is 2. The fourth-order valence-corrected chi connectivity index (χ4v) is 2.08. The normalized spacial score (nSPS) is 30.7. The number of nitrogens with zero attached hydrogens (tertiary/aromatic N) is 1. The zero-order valence-electron chi connectivity index (χ0n) is 10.6. The summed E-state index contributed by atoms with van der Waals surface area (Å²) in [6.45, 7) is 0.935. The lowest BCUT2D eigenvalue weighted by molar-refractivity contribution is -0.228. The van der Waals surface area contributed by atoms with E-state index < -0.39 is 36.0 Å². The molecule has 0 radical (unpaired) electrons. The van der Waals surface area contributed by atoms with E-state index in [9.17, 15) is 14.7 Å². The van der Waals surface area contributed by atoms with E-state index in [0.29, 0.717) is 5.56 Å². The van der Waals surface area contributed by atoms with Crippen LogP contribution in [0, 0.1) is 6.92 Å². The Balaban J connectivity index is 2.44. The second-order valence-electron chi connectivity index (χ2n) is 4.57. The first-order valence-corrected chi connectivity index (χ1v) is 5.76. The molecule has 0 saturated carbocycles. The molecule has 1 aliphatic rings. The van der Waals surface area contributed by atoms with Crippen LogP contribution in [-0.4, -0.2) is 45.4 Å². The number of hydrogen-bond donors (Lipinski definition) is 3. The van der Waals surface area contributed by atoms with Crippen molar-refractivity contribution in [1.29, 1.82) is 0 Å². The summed E-state index contributed by atoms with van der Waals surface area (Å²) in [5, 5.41) is 19.0. The van der Waals surface area contributed by atoms with E-state index in [0.717, 1.165) is 4.57 Å². The van der Waals surface area contributed by atoms with Gasteiger partial charge < -0.3 is 19.7 Å². The van der Waals surface area contributed by atoms with Crippen LogP contribution >= 0.6 is 0 Å². The van der Waals surface area contributed by atoms with Crippen molar-refractivity contribution in [3.05, 3.63) is 32.6 Å². The number of aromatic nitrogens is 2. The minimum Gasteiger partial charge on any atom is -0.391 e. The second-order valence-corrected chi connectivity index (χ2v) is 4.57. The van der Waals surface area contributed by atoms with Crippen LogP contribution in [0.15, 0.2) is 15.8 Å². The van der Waals surface area contributed by atoms with Crippen molar-refractivity contribution in [3.63, 3.8) is 0 Å². The number of rotatable bonds is 3. The molecule has 8 nitrogen and oxygen atoms in total. The minimum absolute atomic E-state index is 0.0231. The van der Waals surface area contributed by atoms with Crippen LogP contribution in [0.2, 0.25) is 0 Å². The maximum Gasteiger partial charge on any atom is 0.330 e. The van der Waals surface area contributed by atoms with Crippen molar-refractivity contribution in [3.8, 4) is 0 Å². The molecular weight excluding hydrogens is 256 g/mol. The standard InChI is InChI=1S/C11H16N2O6/c1-6-4-13(10(16)12-8(6)15)9-7(18-2)3-11(17,5-14)19-9/h4,7,9,14,17H,3,5H2,1-2H3,(H,12,15,16)/t7-,9-,11+/m1/s1. The average Bonchev–Trinajstić information content (AvgIpc) is 2.72. The second kappa shape index (κ2) is 4.89. The summed E-state index contributed by atoms with van der Waals surface area (Å²) in [6, 6.07) is 0. The Bertz CT molecular complexity index is 579. The molecular formula is C11H16N2O6. The molecule has 8 heteroatoms. The number of nitrogens with one attached hydrogen (secondary N) is 1. The molecule has 3 atom stereocenters. The van der Waals surface area contributed by atoms with Crippen LogP contribution < -0.4 is 11.2 Å². The molecule has 0 aromatic carbocycles. The molecule has 0 spiro atoms. The quantitative estimate of drug-likeness (QED) is 0.614. The fourth-order valence-electron chi connectivity index (χ4n) is 2.08. The molecule has 1 aromatic heterocycles. The van der Waals surface area contributed by atoms with Crippen molar-refractivity contribution >= 4 is 0 Å². The number of hydrogen-bond acceptors (Lipinski definition) is 6. The maximum atomic E-state index is 11.8. The molecule has 2 rings (SSSR count). The molecule has 19 heavy (non-hydrogen) atoms. The summed E-state index contributed by atoms with van der Waals surface area (Å²) >= 11 is 0. The van der Waals surface area contributed by atoms with Gasteiger partial charge >= 0.3 is 5.69 Å². The number of aryl methyl sites for hydroxylation is 1. The largest absolute Gasteiger partial charge is 0.391 e. The summed E-state index contributed by atoms with van der Waals surface area (Å²) in [4.78, 5) is 25.2. The molecule has 1 saturated heterocycles. The van der Waals surface area contributed by atoms with E-state index in [-0.39, 0.29) is 6.42 Å². The third-order valence-electron chi connectivity index (χ3n) is 3.15. The maximum absolute atomic E-state index is 11.8. The summed E-state index contributed by atoms with van der Waals surface area (Å²) < 4.78 is 11.6. The lowest BCUT2D eigenvalue weighted by Crippen LogP contribution is -2.37.